The van der Waals surface area contributed by atoms with E-state index in [9.17, 15) is 4.79 Å². The fraction of sp³-hybridized carbons (Fsp3) is 0.143. The molecule has 0 radical (unpaired) electrons. The first kappa shape index (κ1) is 14.1. The molecule has 1 aromatic carbocycles. The van der Waals surface area contributed by atoms with Gasteiger partial charge >= 0.3 is 6.09 Å². The quantitative estimate of drug-likeness (QED) is 0.690. The minimum Gasteiger partial charge on any atom is -0.455 e. The second-order valence-electron chi connectivity index (χ2n) is 3.80. The molecule has 0 aliphatic heterocycles. The Bertz CT molecular complexity index is 605. The van der Waals surface area contributed by atoms with Gasteiger partial charge in [-0.1, -0.05) is 11.6 Å². The molecule has 104 valence electrons. The highest BCUT2D eigenvalue weighted by atomic mass is 35.5. The third kappa shape index (κ3) is 3.86. The normalized spacial score (nSPS) is 10.7. The largest absolute Gasteiger partial charge is 0.455 e. The monoisotopic (exact) mass is 292 g/mol. The van der Waals surface area contributed by atoms with Crippen molar-refractivity contribution in [3.63, 3.8) is 0 Å². The van der Waals surface area contributed by atoms with Gasteiger partial charge in [-0.15, -0.1) is 0 Å². The van der Waals surface area contributed by atoms with E-state index >= 15 is 0 Å². The second kappa shape index (κ2) is 6.77. The van der Waals surface area contributed by atoms with Crippen molar-refractivity contribution >= 4 is 23.9 Å². The summed E-state index contributed by atoms with van der Waals surface area (Å²) in [6.45, 7) is 2.01. The van der Waals surface area contributed by atoms with Gasteiger partial charge in [0.1, 0.15) is 11.5 Å². The Labute approximate surface area is 121 Å². The summed E-state index contributed by atoms with van der Waals surface area (Å²) in [5.74, 6) is 1.21. The van der Waals surface area contributed by atoms with Gasteiger partial charge < -0.3 is 9.15 Å². The molecule has 1 aromatic heterocycles. The van der Waals surface area contributed by atoms with Crippen molar-refractivity contribution in [2.75, 3.05) is 6.61 Å². The highest BCUT2D eigenvalue weighted by Crippen LogP contribution is 2.23. The Morgan fingerprint density at radius 2 is 2.10 bits per heavy atom. The van der Waals surface area contributed by atoms with Gasteiger partial charge in [0.2, 0.25) is 0 Å². The average Bonchev–Trinajstić information content (AvgIpc) is 2.89. The fourth-order valence-corrected chi connectivity index (χ4v) is 1.63. The predicted molar refractivity (Wildman–Crippen MR) is 76.9 cm³/mol. The van der Waals surface area contributed by atoms with Gasteiger partial charge in [0.25, 0.3) is 0 Å². The Hall–Kier alpha value is -2.27. The first-order chi connectivity index (χ1) is 9.69. The molecule has 20 heavy (non-hydrogen) atoms. The summed E-state index contributed by atoms with van der Waals surface area (Å²) in [6.07, 6.45) is 0.796. The van der Waals surface area contributed by atoms with Crippen molar-refractivity contribution in [3.8, 4) is 11.3 Å². The molecule has 6 heteroatoms. The van der Waals surface area contributed by atoms with Gasteiger partial charge in [0, 0.05) is 10.6 Å². The molecule has 2 aromatic rings. The lowest BCUT2D eigenvalue weighted by Gasteiger charge is -1.98. The topological polar surface area (TPSA) is 63.8 Å². The summed E-state index contributed by atoms with van der Waals surface area (Å²) in [6, 6.07) is 10.9. The number of ether oxygens (including phenoxy) is 1. The Kier molecular flexibility index (Phi) is 4.79. The number of nitrogens with one attached hydrogen (secondary N) is 1. The maximum Gasteiger partial charge on any atom is 0.427 e. The van der Waals surface area contributed by atoms with Crippen LogP contribution in [0.15, 0.2) is 45.9 Å². The smallest absolute Gasteiger partial charge is 0.427 e. The van der Waals surface area contributed by atoms with Crippen LogP contribution in [0.25, 0.3) is 11.3 Å². The van der Waals surface area contributed by atoms with Crippen molar-refractivity contribution in [2.24, 2.45) is 5.10 Å². The minimum atomic E-state index is -0.603. The van der Waals surface area contributed by atoms with E-state index in [1.807, 2.05) is 18.2 Å². The van der Waals surface area contributed by atoms with Crippen LogP contribution in [0.5, 0.6) is 0 Å². The van der Waals surface area contributed by atoms with Gasteiger partial charge in [-0.3, -0.25) is 0 Å². The molecule has 0 spiro atoms. The lowest BCUT2D eigenvalue weighted by atomic mass is 10.2. The van der Waals surface area contributed by atoms with Gasteiger partial charge in [-0.2, -0.15) is 5.10 Å². The van der Waals surface area contributed by atoms with E-state index in [2.05, 4.69) is 15.3 Å². The van der Waals surface area contributed by atoms with Gasteiger partial charge in [-0.05, 0) is 43.3 Å². The van der Waals surface area contributed by atoms with Crippen molar-refractivity contribution in [2.45, 2.75) is 6.92 Å². The summed E-state index contributed by atoms with van der Waals surface area (Å²) in [5, 5.41) is 4.38. The third-order valence-electron chi connectivity index (χ3n) is 2.38. The first-order valence-electron chi connectivity index (χ1n) is 6.00. The Balaban J connectivity index is 2.00. The number of hydrazone groups is 1. The number of halogens is 1. The molecular formula is C14H13ClN2O3. The van der Waals surface area contributed by atoms with E-state index in [4.69, 9.17) is 16.0 Å². The molecule has 1 amide bonds. The molecule has 0 bridgehead atoms. The standard InChI is InChI=1S/C14H13ClN2O3/c1-2-19-14(18)17-16-9-12-7-8-13(20-12)10-3-5-11(15)6-4-10/h3-9H,2H2,1H3,(H,17,18). The maximum atomic E-state index is 11.0. The minimum absolute atomic E-state index is 0.294. The van der Waals surface area contributed by atoms with Crippen LogP contribution in [0, 0.1) is 0 Å². The van der Waals surface area contributed by atoms with Crippen molar-refractivity contribution in [1.29, 1.82) is 0 Å². The lowest BCUT2D eigenvalue weighted by molar-refractivity contribution is 0.152. The number of hydrogen-bond acceptors (Lipinski definition) is 4. The van der Waals surface area contributed by atoms with E-state index in [0.717, 1.165) is 5.56 Å². The van der Waals surface area contributed by atoms with Crippen LogP contribution in [0.4, 0.5) is 4.79 Å². The van der Waals surface area contributed by atoms with Crippen LogP contribution in [-0.2, 0) is 4.74 Å². The van der Waals surface area contributed by atoms with Crippen LogP contribution < -0.4 is 5.43 Å². The number of benzene rings is 1. The number of nitrogens with zero attached hydrogens (tertiary/aromatic N) is 1. The number of amides is 1. The summed E-state index contributed by atoms with van der Waals surface area (Å²) in [4.78, 5) is 11.0. The first-order valence-corrected chi connectivity index (χ1v) is 6.38. The van der Waals surface area contributed by atoms with Crippen LogP contribution >= 0.6 is 11.6 Å². The molecule has 0 aliphatic carbocycles. The highest BCUT2D eigenvalue weighted by Gasteiger charge is 2.03. The highest BCUT2D eigenvalue weighted by molar-refractivity contribution is 6.30. The van der Waals surface area contributed by atoms with Crippen molar-refractivity contribution < 1.29 is 13.9 Å². The van der Waals surface area contributed by atoms with Crippen LogP contribution in [0.2, 0.25) is 5.02 Å². The third-order valence-corrected chi connectivity index (χ3v) is 2.63. The van der Waals surface area contributed by atoms with Gasteiger partial charge in [0.05, 0.1) is 12.8 Å². The second-order valence-corrected chi connectivity index (χ2v) is 4.24. The van der Waals surface area contributed by atoms with Crippen LogP contribution in [0.1, 0.15) is 12.7 Å². The molecule has 0 aliphatic rings. The number of hydrogen-bond donors (Lipinski definition) is 1. The predicted octanol–water partition coefficient (Wildman–Crippen LogP) is 3.68. The van der Waals surface area contributed by atoms with E-state index < -0.39 is 6.09 Å². The molecule has 0 saturated carbocycles. The van der Waals surface area contributed by atoms with Crippen molar-refractivity contribution in [3.05, 3.63) is 47.2 Å². The van der Waals surface area contributed by atoms with E-state index in [0.29, 0.717) is 23.2 Å². The molecule has 5 nitrogen and oxygen atoms in total. The lowest BCUT2D eigenvalue weighted by Crippen LogP contribution is -2.18. The SMILES string of the molecule is CCOC(=O)NN=Cc1ccc(-c2ccc(Cl)cc2)o1. The molecule has 1 heterocycles. The van der Waals surface area contributed by atoms with E-state index in [-0.39, 0.29) is 0 Å². The number of carbonyl (C=O) groups excluding carboxylic acids is 1. The Morgan fingerprint density at radius 3 is 2.80 bits per heavy atom. The molecule has 0 unspecified atom stereocenters. The summed E-state index contributed by atoms with van der Waals surface area (Å²) in [7, 11) is 0. The number of furan rings is 1. The summed E-state index contributed by atoms with van der Waals surface area (Å²) >= 11 is 5.82. The van der Waals surface area contributed by atoms with Gasteiger partial charge in [0.15, 0.2) is 0 Å². The zero-order valence-electron chi connectivity index (χ0n) is 10.8. The molecule has 0 fully saturated rings. The molecular weight excluding hydrogens is 280 g/mol. The number of carbonyl (C=O) groups is 1. The molecule has 1 N–H and O–H groups in total. The Morgan fingerprint density at radius 1 is 1.35 bits per heavy atom. The van der Waals surface area contributed by atoms with Crippen LogP contribution in [-0.4, -0.2) is 18.9 Å². The molecule has 0 saturated heterocycles. The van der Waals surface area contributed by atoms with Crippen LogP contribution in [0.3, 0.4) is 0 Å². The maximum absolute atomic E-state index is 11.0. The molecule has 2 rings (SSSR count). The molecule has 0 atom stereocenters. The summed E-state index contributed by atoms with van der Waals surface area (Å²) < 4.78 is 10.2. The summed E-state index contributed by atoms with van der Waals surface area (Å²) in [5.41, 5.74) is 3.13. The zero-order chi connectivity index (χ0) is 14.4. The average molecular weight is 293 g/mol. The zero-order valence-corrected chi connectivity index (χ0v) is 11.6. The van der Waals surface area contributed by atoms with E-state index in [1.54, 1.807) is 25.1 Å². The van der Waals surface area contributed by atoms with Crippen molar-refractivity contribution in [1.82, 2.24) is 5.43 Å². The fourth-order valence-electron chi connectivity index (χ4n) is 1.50. The number of rotatable bonds is 4. The van der Waals surface area contributed by atoms with E-state index in [1.165, 1.54) is 6.21 Å². The van der Waals surface area contributed by atoms with Gasteiger partial charge in [-0.25, -0.2) is 10.2 Å².